The second-order valence-electron chi connectivity index (χ2n) is 7.29. The van der Waals surface area contributed by atoms with Crippen molar-refractivity contribution in [3.05, 3.63) is 64.6 Å². The van der Waals surface area contributed by atoms with E-state index >= 15 is 0 Å². The molecule has 0 radical (unpaired) electrons. The largest absolute Gasteiger partial charge is 0.461 e. The Balaban J connectivity index is 1.55. The Bertz CT molecular complexity index is 1180. The van der Waals surface area contributed by atoms with Crippen molar-refractivity contribution in [2.75, 3.05) is 6.54 Å². The van der Waals surface area contributed by atoms with Gasteiger partial charge in [0, 0.05) is 24.3 Å². The molecular formula is C22H20N4O2S. The predicted octanol–water partition coefficient (Wildman–Crippen LogP) is 4.94. The third kappa shape index (κ3) is 3.02. The van der Waals surface area contributed by atoms with E-state index < -0.39 is 0 Å². The van der Waals surface area contributed by atoms with Crippen LogP contribution in [0.15, 0.2) is 47.3 Å². The van der Waals surface area contributed by atoms with E-state index in [1.54, 1.807) is 12.5 Å². The number of hydrogen-bond acceptors (Lipinski definition) is 6. The van der Waals surface area contributed by atoms with Gasteiger partial charge in [-0.05, 0) is 56.0 Å². The van der Waals surface area contributed by atoms with Crippen LogP contribution in [0.1, 0.15) is 45.4 Å². The third-order valence-electron chi connectivity index (χ3n) is 5.49. The quantitative estimate of drug-likeness (QED) is 0.484. The minimum Gasteiger partial charge on any atom is -0.461 e. The van der Waals surface area contributed by atoms with Crippen molar-refractivity contribution in [3.63, 3.8) is 0 Å². The fraction of sp³-hybridized carbons (Fsp3) is 0.273. The minimum atomic E-state index is 0.0656. The Morgan fingerprint density at radius 1 is 1.24 bits per heavy atom. The summed E-state index contributed by atoms with van der Waals surface area (Å²) in [7, 11) is 0. The van der Waals surface area contributed by atoms with Gasteiger partial charge in [0.1, 0.15) is 4.83 Å². The first kappa shape index (κ1) is 18.0. The summed E-state index contributed by atoms with van der Waals surface area (Å²) in [5.41, 5.74) is 2.91. The normalized spacial score (nSPS) is 16.6. The Labute approximate surface area is 172 Å². The lowest BCUT2D eigenvalue weighted by Crippen LogP contribution is -2.30. The van der Waals surface area contributed by atoms with Crippen LogP contribution in [-0.2, 0) is 0 Å². The standard InChI is InChI=1S/C22H20N4O2S/c1-13-18-14(2)24-20(17-8-5-11-28-17)25-21(18)29-19(13)22(27)26-10-4-7-16(26)15-6-3-9-23-12-15/h3,5-6,8-9,11-12,16H,4,7,10H2,1-2H3. The highest BCUT2D eigenvalue weighted by Crippen LogP contribution is 2.38. The molecule has 7 heteroatoms. The molecule has 1 fully saturated rings. The van der Waals surface area contributed by atoms with Crippen LogP contribution >= 0.6 is 11.3 Å². The number of nitrogens with zero attached hydrogens (tertiary/aromatic N) is 4. The van der Waals surface area contributed by atoms with Crippen LogP contribution in [0.2, 0.25) is 0 Å². The van der Waals surface area contributed by atoms with E-state index in [1.165, 1.54) is 11.3 Å². The van der Waals surface area contributed by atoms with Gasteiger partial charge in [-0.1, -0.05) is 6.07 Å². The Kier molecular flexibility index (Phi) is 4.39. The molecule has 4 aromatic rings. The fourth-order valence-electron chi connectivity index (χ4n) is 4.12. The van der Waals surface area contributed by atoms with Crippen molar-refractivity contribution >= 4 is 27.5 Å². The molecule has 6 nitrogen and oxygen atoms in total. The Morgan fingerprint density at radius 2 is 2.14 bits per heavy atom. The van der Waals surface area contributed by atoms with Crippen molar-refractivity contribution in [2.45, 2.75) is 32.7 Å². The average Bonchev–Trinajstić information content (AvgIpc) is 3.48. The average molecular weight is 404 g/mol. The molecule has 1 amide bonds. The zero-order valence-electron chi connectivity index (χ0n) is 16.3. The summed E-state index contributed by atoms with van der Waals surface area (Å²) >= 11 is 1.44. The summed E-state index contributed by atoms with van der Waals surface area (Å²) in [4.78, 5) is 30.6. The number of amides is 1. The highest BCUT2D eigenvalue weighted by Gasteiger charge is 2.33. The van der Waals surface area contributed by atoms with Crippen LogP contribution in [0.5, 0.6) is 0 Å². The number of rotatable bonds is 3. The Hall–Kier alpha value is -3.06. The predicted molar refractivity (Wildman–Crippen MR) is 112 cm³/mol. The number of thiophene rings is 1. The molecule has 1 atom stereocenters. The minimum absolute atomic E-state index is 0.0656. The van der Waals surface area contributed by atoms with Crippen molar-refractivity contribution < 1.29 is 9.21 Å². The number of fused-ring (bicyclic) bond motifs is 1. The zero-order valence-corrected chi connectivity index (χ0v) is 17.1. The topological polar surface area (TPSA) is 72.1 Å². The maximum Gasteiger partial charge on any atom is 0.264 e. The van der Waals surface area contributed by atoms with E-state index in [4.69, 9.17) is 4.42 Å². The lowest BCUT2D eigenvalue weighted by atomic mass is 10.1. The van der Waals surface area contributed by atoms with Gasteiger partial charge in [0.15, 0.2) is 11.6 Å². The Morgan fingerprint density at radius 3 is 2.90 bits per heavy atom. The lowest BCUT2D eigenvalue weighted by Gasteiger charge is -2.24. The van der Waals surface area contributed by atoms with Gasteiger partial charge in [-0.3, -0.25) is 9.78 Å². The van der Waals surface area contributed by atoms with Gasteiger partial charge in [-0.2, -0.15) is 0 Å². The van der Waals surface area contributed by atoms with E-state index in [0.717, 1.165) is 51.3 Å². The molecule has 146 valence electrons. The van der Waals surface area contributed by atoms with Crippen LogP contribution < -0.4 is 0 Å². The molecule has 5 rings (SSSR count). The zero-order chi connectivity index (χ0) is 20.0. The summed E-state index contributed by atoms with van der Waals surface area (Å²) in [5.74, 6) is 1.25. The first-order valence-corrected chi connectivity index (χ1v) is 10.5. The monoisotopic (exact) mass is 404 g/mol. The molecule has 0 N–H and O–H groups in total. The van der Waals surface area contributed by atoms with E-state index in [2.05, 4.69) is 15.0 Å². The summed E-state index contributed by atoms with van der Waals surface area (Å²) in [5, 5.41) is 0.964. The molecule has 0 saturated carbocycles. The van der Waals surface area contributed by atoms with E-state index in [-0.39, 0.29) is 11.9 Å². The molecule has 1 saturated heterocycles. The van der Waals surface area contributed by atoms with Gasteiger partial charge < -0.3 is 9.32 Å². The van der Waals surface area contributed by atoms with Gasteiger partial charge >= 0.3 is 0 Å². The van der Waals surface area contributed by atoms with Gasteiger partial charge in [-0.25, -0.2) is 9.97 Å². The van der Waals surface area contributed by atoms with Crippen molar-refractivity contribution in [2.24, 2.45) is 0 Å². The molecule has 1 aliphatic heterocycles. The first-order chi connectivity index (χ1) is 14.1. The number of likely N-dealkylation sites (tertiary alicyclic amines) is 1. The number of carbonyl (C=O) groups excluding carboxylic acids is 1. The molecule has 0 spiro atoms. The van der Waals surface area contributed by atoms with Gasteiger partial charge in [0.05, 0.1) is 22.9 Å². The lowest BCUT2D eigenvalue weighted by molar-refractivity contribution is 0.0740. The summed E-state index contributed by atoms with van der Waals surface area (Å²) < 4.78 is 5.45. The van der Waals surface area contributed by atoms with Crippen LogP contribution in [0.25, 0.3) is 21.8 Å². The van der Waals surface area contributed by atoms with Gasteiger partial charge in [0.25, 0.3) is 5.91 Å². The van der Waals surface area contributed by atoms with Gasteiger partial charge in [-0.15, -0.1) is 11.3 Å². The molecule has 0 aliphatic carbocycles. The second-order valence-corrected chi connectivity index (χ2v) is 8.29. The van der Waals surface area contributed by atoms with Crippen LogP contribution in [0.4, 0.5) is 0 Å². The number of hydrogen-bond donors (Lipinski definition) is 0. The van der Waals surface area contributed by atoms with E-state index in [0.29, 0.717) is 11.6 Å². The number of aromatic nitrogens is 3. The number of furan rings is 1. The molecule has 5 heterocycles. The molecule has 0 bridgehead atoms. The first-order valence-electron chi connectivity index (χ1n) is 9.66. The summed E-state index contributed by atoms with van der Waals surface area (Å²) in [6, 6.07) is 7.71. The SMILES string of the molecule is Cc1nc(-c2ccco2)nc2sc(C(=O)N3CCCC3c3cccnc3)c(C)c12. The molecule has 4 aromatic heterocycles. The van der Waals surface area contributed by atoms with Crippen molar-refractivity contribution in [1.29, 1.82) is 0 Å². The molecule has 1 aliphatic rings. The number of carbonyl (C=O) groups is 1. The maximum atomic E-state index is 13.5. The summed E-state index contributed by atoms with van der Waals surface area (Å²) in [6.07, 6.45) is 7.19. The highest BCUT2D eigenvalue weighted by atomic mass is 32.1. The molecule has 29 heavy (non-hydrogen) atoms. The smallest absolute Gasteiger partial charge is 0.264 e. The second kappa shape index (κ2) is 7.08. The van der Waals surface area contributed by atoms with E-state index in [9.17, 15) is 4.79 Å². The van der Waals surface area contributed by atoms with Crippen LogP contribution in [0.3, 0.4) is 0 Å². The molecule has 0 aromatic carbocycles. The van der Waals surface area contributed by atoms with Crippen molar-refractivity contribution in [1.82, 2.24) is 19.9 Å². The molecule has 1 unspecified atom stereocenters. The molecular weight excluding hydrogens is 384 g/mol. The van der Waals surface area contributed by atoms with Crippen molar-refractivity contribution in [3.8, 4) is 11.6 Å². The maximum absolute atomic E-state index is 13.5. The fourth-order valence-corrected chi connectivity index (χ4v) is 5.31. The van der Waals surface area contributed by atoms with Crippen LogP contribution in [-0.4, -0.2) is 32.3 Å². The van der Waals surface area contributed by atoms with E-state index in [1.807, 2.05) is 49.2 Å². The van der Waals surface area contributed by atoms with Crippen LogP contribution in [0, 0.1) is 13.8 Å². The third-order valence-corrected chi connectivity index (χ3v) is 6.66. The van der Waals surface area contributed by atoms with Gasteiger partial charge in [0.2, 0.25) is 0 Å². The number of aryl methyl sites for hydroxylation is 2. The number of pyridine rings is 1. The summed E-state index contributed by atoms with van der Waals surface area (Å²) in [6.45, 7) is 4.71. The highest BCUT2D eigenvalue weighted by molar-refractivity contribution is 7.20.